The van der Waals surface area contributed by atoms with Gasteiger partial charge in [0.25, 0.3) is 5.91 Å². The maximum atomic E-state index is 12.9. The Kier molecular flexibility index (Phi) is 9.40. The van der Waals surface area contributed by atoms with Gasteiger partial charge < -0.3 is 20.3 Å². The van der Waals surface area contributed by atoms with Gasteiger partial charge in [-0.15, -0.1) is 0 Å². The quantitative estimate of drug-likeness (QED) is 0.398. The number of anilines is 1. The third-order valence-corrected chi connectivity index (χ3v) is 5.32. The van der Waals surface area contributed by atoms with Gasteiger partial charge in [-0.05, 0) is 69.7 Å². The van der Waals surface area contributed by atoms with Crippen molar-refractivity contribution in [3.8, 4) is 11.5 Å². The normalized spacial score (nSPS) is 13.9. The molecule has 1 aliphatic rings. The van der Waals surface area contributed by atoms with Crippen LogP contribution >= 0.6 is 0 Å². The summed E-state index contributed by atoms with van der Waals surface area (Å²) in [5.74, 6) is 1.71. The predicted molar refractivity (Wildman–Crippen MR) is 147 cm³/mol. The zero-order valence-electron chi connectivity index (χ0n) is 21.3. The molecule has 0 fully saturated rings. The molecule has 0 bridgehead atoms. The van der Waals surface area contributed by atoms with Crippen molar-refractivity contribution in [2.24, 2.45) is 4.99 Å². The van der Waals surface area contributed by atoms with Crippen molar-refractivity contribution in [1.82, 2.24) is 15.2 Å². The molecule has 1 aliphatic heterocycles. The second kappa shape index (κ2) is 12.9. The molecule has 0 aliphatic carbocycles. The summed E-state index contributed by atoms with van der Waals surface area (Å²) in [6.45, 7) is 12.9. The lowest BCUT2D eigenvalue weighted by Crippen LogP contribution is -2.27. The fourth-order valence-electron chi connectivity index (χ4n) is 3.46. The van der Waals surface area contributed by atoms with Crippen molar-refractivity contribution in [3.05, 3.63) is 108 Å². The summed E-state index contributed by atoms with van der Waals surface area (Å²) in [5.41, 5.74) is 4.04. The summed E-state index contributed by atoms with van der Waals surface area (Å²) in [5, 5.41) is 6.21. The number of rotatable bonds is 10. The van der Waals surface area contributed by atoms with Crippen molar-refractivity contribution >= 4 is 17.9 Å². The molecule has 0 spiro atoms. The van der Waals surface area contributed by atoms with E-state index in [2.05, 4.69) is 27.2 Å². The molecule has 186 valence electrons. The molecule has 0 atom stereocenters. The zero-order valence-corrected chi connectivity index (χ0v) is 21.3. The van der Waals surface area contributed by atoms with Crippen LogP contribution in [0.15, 0.2) is 102 Å². The molecule has 0 radical (unpaired) electrons. The minimum Gasteiger partial charge on any atom is -0.457 e. The highest BCUT2D eigenvalue weighted by Gasteiger charge is 2.14. The number of aromatic nitrogens is 1. The van der Waals surface area contributed by atoms with E-state index in [0.29, 0.717) is 29.4 Å². The Bertz CT molecular complexity index is 1250. The molecule has 2 N–H and O–H groups in total. The van der Waals surface area contributed by atoms with Gasteiger partial charge in [-0.2, -0.15) is 0 Å². The fraction of sp³-hybridized carbons (Fsp3) is 0.207. The van der Waals surface area contributed by atoms with Crippen LogP contribution in [0.3, 0.4) is 0 Å². The third-order valence-electron chi connectivity index (χ3n) is 5.32. The molecule has 2 heterocycles. The Morgan fingerprint density at radius 2 is 2.14 bits per heavy atom. The maximum absolute atomic E-state index is 12.9. The highest BCUT2D eigenvalue weighted by Crippen LogP contribution is 2.28. The first-order valence-corrected chi connectivity index (χ1v) is 11.9. The molecular weight excluding hydrogens is 450 g/mol. The second-order valence-electron chi connectivity index (χ2n) is 8.13. The minimum absolute atomic E-state index is 0.166. The SMILES string of the molecule is C=C1C=C(CNC(=O)c2cccc(Oc3ccnc(N/C(C)=C/C=NCC)c3)c2C)C=CN1/C=C\C. The van der Waals surface area contributed by atoms with Gasteiger partial charge in [-0.3, -0.25) is 9.79 Å². The number of carbonyl (C=O) groups is 1. The van der Waals surface area contributed by atoms with E-state index in [0.717, 1.165) is 29.1 Å². The Morgan fingerprint density at radius 3 is 2.89 bits per heavy atom. The monoisotopic (exact) mass is 483 g/mol. The van der Waals surface area contributed by atoms with E-state index in [9.17, 15) is 4.79 Å². The number of carbonyl (C=O) groups excluding carboxylic acids is 1. The maximum Gasteiger partial charge on any atom is 0.251 e. The zero-order chi connectivity index (χ0) is 25.9. The van der Waals surface area contributed by atoms with Crippen LogP contribution in [0.5, 0.6) is 11.5 Å². The Balaban J connectivity index is 1.66. The molecule has 1 amide bonds. The van der Waals surface area contributed by atoms with E-state index in [4.69, 9.17) is 4.74 Å². The van der Waals surface area contributed by atoms with Crippen LogP contribution in [-0.4, -0.2) is 35.1 Å². The van der Waals surface area contributed by atoms with Crippen molar-refractivity contribution in [2.75, 3.05) is 18.4 Å². The first kappa shape index (κ1) is 26.2. The highest BCUT2D eigenvalue weighted by molar-refractivity contribution is 5.96. The molecule has 0 unspecified atom stereocenters. The number of allylic oxidation sites excluding steroid dienone is 4. The molecule has 0 saturated carbocycles. The highest BCUT2D eigenvalue weighted by atomic mass is 16.5. The van der Waals surface area contributed by atoms with Crippen LogP contribution in [0.25, 0.3) is 0 Å². The first-order chi connectivity index (χ1) is 17.4. The van der Waals surface area contributed by atoms with Gasteiger partial charge in [0, 0.05) is 66.5 Å². The van der Waals surface area contributed by atoms with Gasteiger partial charge in [0.1, 0.15) is 17.3 Å². The van der Waals surface area contributed by atoms with Crippen LogP contribution in [0, 0.1) is 6.92 Å². The largest absolute Gasteiger partial charge is 0.457 e. The van der Waals surface area contributed by atoms with Gasteiger partial charge in [0.15, 0.2) is 0 Å². The first-order valence-electron chi connectivity index (χ1n) is 11.9. The number of aliphatic imine (C=N–C) groups is 1. The van der Waals surface area contributed by atoms with E-state index < -0.39 is 0 Å². The molecule has 36 heavy (non-hydrogen) atoms. The van der Waals surface area contributed by atoms with Gasteiger partial charge in [0.2, 0.25) is 0 Å². The molecule has 3 rings (SSSR count). The van der Waals surface area contributed by atoms with Gasteiger partial charge >= 0.3 is 0 Å². The lowest BCUT2D eigenvalue weighted by atomic mass is 10.1. The van der Waals surface area contributed by atoms with E-state index >= 15 is 0 Å². The molecule has 1 aromatic carbocycles. The number of nitrogens with zero attached hydrogens (tertiary/aromatic N) is 3. The standard InChI is InChI=1S/C29H33N5O2/c1-6-16-34-17-13-24(18-22(34)4)20-32-29(35)26-9-8-10-27(23(26)5)36-25-12-15-31-28(19-25)33-21(3)11-14-30-7-2/h6,8-19H,4,7,20H2,1-3,5H3,(H,31,33)(H,32,35)/b16-6-,21-11+,30-14?. The molecule has 7 nitrogen and oxygen atoms in total. The summed E-state index contributed by atoms with van der Waals surface area (Å²) in [6.07, 6.45) is 15.0. The van der Waals surface area contributed by atoms with E-state index in [-0.39, 0.29) is 5.91 Å². The van der Waals surface area contributed by atoms with Gasteiger partial charge in [-0.1, -0.05) is 18.7 Å². The molecular formula is C29H33N5O2. The average molecular weight is 484 g/mol. The summed E-state index contributed by atoms with van der Waals surface area (Å²) in [7, 11) is 0. The third kappa shape index (κ3) is 7.30. The number of hydrogen-bond acceptors (Lipinski definition) is 6. The molecule has 0 saturated heterocycles. The van der Waals surface area contributed by atoms with E-state index in [1.807, 2.05) is 87.5 Å². The summed E-state index contributed by atoms with van der Waals surface area (Å²) in [6, 6.07) is 9.04. The molecule has 7 heteroatoms. The number of nitrogens with one attached hydrogen (secondary N) is 2. The number of pyridine rings is 1. The molecule has 1 aromatic heterocycles. The van der Waals surface area contributed by atoms with Gasteiger partial charge in [0.05, 0.1) is 0 Å². The smallest absolute Gasteiger partial charge is 0.251 e. The lowest BCUT2D eigenvalue weighted by Gasteiger charge is -2.21. The van der Waals surface area contributed by atoms with Crippen LogP contribution in [-0.2, 0) is 0 Å². The molecule has 2 aromatic rings. The predicted octanol–water partition coefficient (Wildman–Crippen LogP) is 6.12. The number of ether oxygens (including phenoxy) is 1. The lowest BCUT2D eigenvalue weighted by molar-refractivity contribution is 0.0956. The summed E-state index contributed by atoms with van der Waals surface area (Å²) < 4.78 is 6.11. The van der Waals surface area contributed by atoms with Crippen LogP contribution in [0.1, 0.15) is 36.7 Å². The van der Waals surface area contributed by atoms with Crippen molar-refractivity contribution in [3.63, 3.8) is 0 Å². The number of amides is 1. The summed E-state index contributed by atoms with van der Waals surface area (Å²) in [4.78, 5) is 23.4. The Labute approximate surface area is 213 Å². The number of benzene rings is 1. The van der Waals surface area contributed by atoms with E-state index in [1.165, 1.54) is 0 Å². The number of hydrogen-bond donors (Lipinski definition) is 2. The van der Waals surface area contributed by atoms with E-state index in [1.54, 1.807) is 24.5 Å². The van der Waals surface area contributed by atoms with Crippen LogP contribution in [0.2, 0.25) is 0 Å². The van der Waals surface area contributed by atoms with Gasteiger partial charge in [-0.25, -0.2) is 4.98 Å². The Hall–Kier alpha value is -4.39. The average Bonchev–Trinajstić information content (AvgIpc) is 2.86. The Morgan fingerprint density at radius 1 is 1.31 bits per heavy atom. The van der Waals surface area contributed by atoms with Crippen LogP contribution < -0.4 is 15.4 Å². The summed E-state index contributed by atoms with van der Waals surface area (Å²) >= 11 is 0. The fourth-order valence-corrected chi connectivity index (χ4v) is 3.46. The minimum atomic E-state index is -0.166. The van der Waals surface area contributed by atoms with Crippen molar-refractivity contribution in [2.45, 2.75) is 27.7 Å². The second-order valence-corrected chi connectivity index (χ2v) is 8.13. The topological polar surface area (TPSA) is 78.8 Å². The van der Waals surface area contributed by atoms with Crippen molar-refractivity contribution < 1.29 is 9.53 Å². The van der Waals surface area contributed by atoms with Crippen LogP contribution in [0.4, 0.5) is 5.82 Å². The van der Waals surface area contributed by atoms with Crippen molar-refractivity contribution in [1.29, 1.82) is 0 Å².